The Hall–Kier alpha value is -1.91. The summed E-state index contributed by atoms with van der Waals surface area (Å²) in [5, 5.41) is 11.9. The van der Waals surface area contributed by atoms with E-state index < -0.39 is 5.97 Å². The maximum Gasteiger partial charge on any atom is 0.306 e. The number of carbonyl (C=O) groups excluding carboxylic acids is 1. The normalized spacial score (nSPS) is 21.7. The minimum Gasteiger partial charge on any atom is -0.481 e. The standard InChI is InChI=1S/C16H22N2O3/c19-15(6-3-12-7-9-17-10-8-12)18-11-13-1-4-14(5-2-13)16(20)21/h7-10,13-14H,1-6,11H2,(H,18,19)(H,20,21). The molecule has 2 rings (SSSR count). The molecule has 1 aromatic rings. The minimum absolute atomic E-state index is 0.0622. The van der Waals surface area contributed by atoms with Crippen LogP contribution in [0, 0.1) is 11.8 Å². The molecular weight excluding hydrogens is 268 g/mol. The van der Waals surface area contributed by atoms with Crippen molar-refractivity contribution in [3.05, 3.63) is 30.1 Å². The number of carboxylic acids is 1. The van der Waals surface area contributed by atoms with Gasteiger partial charge in [-0.15, -0.1) is 0 Å². The summed E-state index contributed by atoms with van der Waals surface area (Å²) in [4.78, 5) is 26.6. The van der Waals surface area contributed by atoms with E-state index in [2.05, 4.69) is 10.3 Å². The second-order valence-corrected chi connectivity index (χ2v) is 5.72. The first-order chi connectivity index (χ1) is 10.1. The molecule has 1 aromatic heterocycles. The van der Waals surface area contributed by atoms with Gasteiger partial charge in [-0.3, -0.25) is 14.6 Å². The molecule has 5 nitrogen and oxygen atoms in total. The quantitative estimate of drug-likeness (QED) is 0.840. The molecule has 0 aliphatic heterocycles. The molecule has 1 heterocycles. The number of pyridine rings is 1. The lowest BCUT2D eigenvalue weighted by molar-refractivity contribution is -0.143. The molecule has 0 atom stereocenters. The highest BCUT2D eigenvalue weighted by Gasteiger charge is 2.25. The van der Waals surface area contributed by atoms with Crippen LogP contribution in [0.5, 0.6) is 0 Å². The largest absolute Gasteiger partial charge is 0.481 e. The minimum atomic E-state index is -0.685. The highest BCUT2D eigenvalue weighted by Crippen LogP contribution is 2.28. The van der Waals surface area contributed by atoms with Crippen molar-refractivity contribution in [2.75, 3.05) is 6.54 Å². The highest BCUT2D eigenvalue weighted by atomic mass is 16.4. The first kappa shape index (κ1) is 15.5. The van der Waals surface area contributed by atoms with Crippen molar-refractivity contribution in [1.29, 1.82) is 0 Å². The lowest BCUT2D eigenvalue weighted by Crippen LogP contribution is -2.32. The Kier molecular flexibility index (Phi) is 5.72. The van der Waals surface area contributed by atoms with Gasteiger partial charge in [-0.05, 0) is 55.7 Å². The van der Waals surface area contributed by atoms with Crippen molar-refractivity contribution >= 4 is 11.9 Å². The molecule has 1 amide bonds. The van der Waals surface area contributed by atoms with Gasteiger partial charge in [0.15, 0.2) is 0 Å². The predicted octanol–water partition coefficient (Wildman–Crippen LogP) is 2.02. The van der Waals surface area contributed by atoms with Crippen molar-refractivity contribution in [2.45, 2.75) is 38.5 Å². The summed E-state index contributed by atoms with van der Waals surface area (Å²) in [7, 11) is 0. The first-order valence-corrected chi connectivity index (χ1v) is 7.53. The summed E-state index contributed by atoms with van der Waals surface area (Å²) >= 11 is 0. The number of rotatable bonds is 6. The highest BCUT2D eigenvalue weighted by molar-refractivity contribution is 5.76. The second kappa shape index (κ2) is 7.76. The van der Waals surface area contributed by atoms with Crippen molar-refractivity contribution < 1.29 is 14.7 Å². The van der Waals surface area contributed by atoms with Crippen molar-refractivity contribution in [3.8, 4) is 0 Å². The number of nitrogens with zero attached hydrogens (tertiary/aromatic N) is 1. The Morgan fingerprint density at radius 1 is 1.19 bits per heavy atom. The van der Waals surface area contributed by atoms with Crippen molar-refractivity contribution in [1.82, 2.24) is 10.3 Å². The first-order valence-electron chi connectivity index (χ1n) is 7.53. The molecule has 0 radical (unpaired) electrons. The van der Waals surface area contributed by atoms with Crippen LogP contribution in [0.15, 0.2) is 24.5 Å². The maximum atomic E-state index is 11.8. The molecular formula is C16H22N2O3. The van der Waals surface area contributed by atoms with Gasteiger partial charge in [-0.1, -0.05) is 0 Å². The van der Waals surface area contributed by atoms with E-state index in [1.807, 2.05) is 12.1 Å². The predicted molar refractivity (Wildman–Crippen MR) is 78.7 cm³/mol. The molecule has 0 saturated heterocycles. The van der Waals surface area contributed by atoms with Crippen LogP contribution in [0.4, 0.5) is 0 Å². The van der Waals surface area contributed by atoms with E-state index in [1.165, 1.54) is 0 Å². The summed E-state index contributed by atoms with van der Waals surface area (Å²) in [5.41, 5.74) is 1.11. The fraction of sp³-hybridized carbons (Fsp3) is 0.562. The number of hydrogen-bond acceptors (Lipinski definition) is 3. The topological polar surface area (TPSA) is 79.3 Å². The van der Waals surface area contributed by atoms with Crippen LogP contribution in [-0.2, 0) is 16.0 Å². The van der Waals surface area contributed by atoms with Gasteiger partial charge in [0.1, 0.15) is 0 Å². The molecule has 5 heteroatoms. The molecule has 0 unspecified atom stereocenters. The monoisotopic (exact) mass is 290 g/mol. The van der Waals surface area contributed by atoms with Crippen molar-refractivity contribution in [2.24, 2.45) is 11.8 Å². The van der Waals surface area contributed by atoms with Gasteiger partial charge < -0.3 is 10.4 Å². The SMILES string of the molecule is O=C(CCc1ccncc1)NCC1CCC(C(=O)O)CC1. The third-order valence-corrected chi connectivity index (χ3v) is 4.17. The molecule has 0 spiro atoms. The number of aromatic nitrogens is 1. The van der Waals surface area contributed by atoms with Crippen LogP contribution in [0.25, 0.3) is 0 Å². The average Bonchev–Trinajstić information content (AvgIpc) is 2.52. The summed E-state index contributed by atoms with van der Waals surface area (Å²) < 4.78 is 0. The number of amides is 1. The van der Waals surface area contributed by atoms with E-state index in [-0.39, 0.29) is 11.8 Å². The summed E-state index contributed by atoms with van der Waals surface area (Å²) in [6.45, 7) is 0.668. The smallest absolute Gasteiger partial charge is 0.306 e. The van der Waals surface area contributed by atoms with Crippen molar-refractivity contribution in [3.63, 3.8) is 0 Å². The molecule has 0 bridgehead atoms. The second-order valence-electron chi connectivity index (χ2n) is 5.72. The van der Waals surface area contributed by atoms with Gasteiger partial charge in [0.05, 0.1) is 5.92 Å². The number of hydrogen-bond donors (Lipinski definition) is 2. The van der Waals surface area contributed by atoms with E-state index in [9.17, 15) is 9.59 Å². The third kappa shape index (κ3) is 5.17. The Labute approximate surface area is 124 Å². The number of nitrogens with one attached hydrogen (secondary N) is 1. The number of carbonyl (C=O) groups is 2. The Morgan fingerprint density at radius 2 is 1.86 bits per heavy atom. The maximum absolute atomic E-state index is 11.8. The Balaban J connectivity index is 1.62. The zero-order chi connectivity index (χ0) is 15.1. The zero-order valence-electron chi connectivity index (χ0n) is 12.1. The molecule has 1 aliphatic carbocycles. The number of aryl methyl sites for hydroxylation is 1. The van der Waals surface area contributed by atoms with Gasteiger partial charge in [0, 0.05) is 25.4 Å². The third-order valence-electron chi connectivity index (χ3n) is 4.17. The summed E-state index contributed by atoms with van der Waals surface area (Å²) in [6.07, 6.45) is 7.90. The molecule has 0 aromatic carbocycles. The van der Waals surface area contributed by atoms with Gasteiger partial charge in [0.2, 0.25) is 5.91 Å². The zero-order valence-corrected chi connectivity index (χ0v) is 12.1. The van der Waals surface area contributed by atoms with Gasteiger partial charge in [0.25, 0.3) is 0 Å². The van der Waals surface area contributed by atoms with Gasteiger partial charge in [-0.2, -0.15) is 0 Å². The van der Waals surface area contributed by atoms with E-state index in [0.29, 0.717) is 18.9 Å². The lowest BCUT2D eigenvalue weighted by atomic mass is 9.82. The lowest BCUT2D eigenvalue weighted by Gasteiger charge is -2.26. The Bertz CT molecular complexity index is 468. The average molecular weight is 290 g/mol. The van der Waals surface area contributed by atoms with Crippen LogP contribution < -0.4 is 5.32 Å². The number of aliphatic carboxylic acids is 1. The van der Waals surface area contributed by atoms with E-state index in [4.69, 9.17) is 5.11 Å². The molecule has 2 N–H and O–H groups in total. The molecule has 1 aliphatic rings. The summed E-state index contributed by atoms with van der Waals surface area (Å²) in [6, 6.07) is 3.83. The van der Waals surface area contributed by atoms with E-state index >= 15 is 0 Å². The van der Waals surface area contributed by atoms with E-state index in [0.717, 1.165) is 37.7 Å². The van der Waals surface area contributed by atoms with Gasteiger partial charge in [-0.25, -0.2) is 0 Å². The van der Waals surface area contributed by atoms with Crippen LogP contribution in [0.2, 0.25) is 0 Å². The number of carboxylic acid groups (broad SMARTS) is 1. The van der Waals surface area contributed by atoms with E-state index in [1.54, 1.807) is 12.4 Å². The fourth-order valence-corrected chi connectivity index (χ4v) is 2.77. The van der Waals surface area contributed by atoms with Crippen LogP contribution in [0.1, 0.15) is 37.7 Å². The molecule has 114 valence electrons. The fourth-order valence-electron chi connectivity index (χ4n) is 2.77. The summed E-state index contributed by atoms with van der Waals surface area (Å²) in [5.74, 6) is -0.392. The molecule has 21 heavy (non-hydrogen) atoms. The van der Waals surface area contributed by atoms with Gasteiger partial charge >= 0.3 is 5.97 Å². The van der Waals surface area contributed by atoms with Crippen LogP contribution in [0.3, 0.4) is 0 Å². The molecule has 1 fully saturated rings. The Morgan fingerprint density at radius 3 is 2.48 bits per heavy atom. The van der Waals surface area contributed by atoms with Crippen LogP contribution >= 0.6 is 0 Å². The van der Waals surface area contributed by atoms with Crippen LogP contribution in [-0.4, -0.2) is 28.5 Å². The molecule has 1 saturated carbocycles.